The molecule has 0 heterocycles. The van der Waals surface area contributed by atoms with Gasteiger partial charge in [-0.2, -0.15) is 0 Å². The molecule has 4 nitrogen and oxygen atoms in total. The van der Waals surface area contributed by atoms with Crippen LogP contribution in [-0.4, -0.2) is 22.8 Å². The number of halogens is 4. The normalized spacial score (nSPS) is 11.0. The van der Waals surface area contributed by atoms with Gasteiger partial charge in [-0.3, -0.25) is 4.79 Å². The number of hydrogen-bond donors (Lipinski definition) is 2. The van der Waals surface area contributed by atoms with E-state index in [-0.39, 0.29) is 11.5 Å². The maximum atomic E-state index is 12.8. The second-order valence-electron chi connectivity index (χ2n) is 5.62. The number of phenols is 2. The lowest BCUT2D eigenvalue weighted by atomic mass is 9.91. The molecule has 0 aliphatic heterocycles. The lowest BCUT2D eigenvalue weighted by Crippen LogP contribution is -2.18. The highest BCUT2D eigenvalue weighted by Crippen LogP contribution is 2.41. The van der Waals surface area contributed by atoms with Crippen LogP contribution in [0, 0.1) is 0 Å². The molecule has 2 N–H and O–H groups in total. The standard InChI is InChI=1S/C18H16Br4O4/c1-2-3-4-26-18(25)15(9-5-11(19)16(23)12(20)6-9)10-7-13(21)17(24)14(22)8-10/h5-8,15,23-24H,2-4H2,1H3. The molecule has 0 saturated carbocycles. The van der Waals surface area contributed by atoms with Crippen molar-refractivity contribution >= 4 is 69.7 Å². The van der Waals surface area contributed by atoms with Crippen LogP contribution in [0.2, 0.25) is 0 Å². The minimum absolute atomic E-state index is 0.0555. The van der Waals surface area contributed by atoms with Crippen molar-refractivity contribution in [3.8, 4) is 11.5 Å². The van der Waals surface area contributed by atoms with Crippen LogP contribution < -0.4 is 0 Å². The second-order valence-corrected chi connectivity index (χ2v) is 9.04. The van der Waals surface area contributed by atoms with Crippen LogP contribution in [0.1, 0.15) is 36.8 Å². The number of carbonyl (C=O) groups is 1. The van der Waals surface area contributed by atoms with Gasteiger partial charge in [-0.15, -0.1) is 0 Å². The maximum absolute atomic E-state index is 12.8. The van der Waals surface area contributed by atoms with Crippen LogP contribution in [0.3, 0.4) is 0 Å². The molecule has 0 spiro atoms. The molecular formula is C18H16Br4O4. The van der Waals surface area contributed by atoms with E-state index in [0.29, 0.717) is 35.6 Å². The Hall–Kier alpha value is -0.570. The number of esters is 1. The molecule has 0 saturated heterocycles. The molecule has 2 rings (SSSR count). The van der Waals surface area contributed by atoms with Crippen molar-refractivity contribution in [2.75, 3.05) is 6.61 Å². The number of ether oxygens (including phenoxy) is 1. The fourth-order valence-electron chi connectivity index (χ4n) is 2.37. The third-order valence-corrected chi connectivity index (χ3v) is 6.14. The van der Waals surface area contributed by atoms with Crippen LogP contribution in [0.15, 0.2) is 42.2 Å². The summed E-state index contributed by atoms with van der Waals surface area (Å²) in [5.74, 6) is -1.000. The van der Waals surface area contributed by atoms with Crippen LogP contribution in [0.5, 0.6) is 11.5 Å². The van der Waals surface area contributed by atoms with E-state index in [0.717, 1.165) is 12.8 Å². The Labute approximate surface area is 185 Å². The quantitative estimate of drug-likeness (QED) is 0.283. The second kappa shape index (κ2) is 9.57. The van der Waals surface area contributed by atoms with E-state index in [1.54, 1.807) is 24.3 Å². The van der Waals surface area contributed by atoms with E-state index in [1.165, 1.54) is 0 Å². The summed E-state index contributed by atoms with van der Waals surface area (Å²) in [6.45, 7) is 2.36. The summed E-state index contributed by atoms with van der Waals surface area (Å²) in [7, 11) is 0. The van der Waals surface area contributed by atoms with Crippen molar-refractivity contribution in [2.45, 2.75) is 25.7 Å². The van der Waals surface area contributed by atoms with Crippen molar-refractivity contribution in [2.24, 2.45) is 0 Å². The van der Waals surface area contributed by atoms with Crippen molar-refractivity contribution in [1.29, 1.82) is 0 Å². The number of carbonyl (C=O) groups excluding carboxylic acids is 1. The molecule has 2 aromatic rings. The Bertz CT molecular complexity index is 719. The van der Waals surface area contributed by atoms with Crippen LogP contribution >= 0.6 is 63.7 Å². The SMILES string of the molecule is CCCCOC(=O)C(c1cc(Br)c(O)c(Br)c1)c1cc(Br)c(O)c(Br)c1. The zero-order valence-corrected chi connectivity index (χ0v) is 20.1. The molecule has 0 radical (unpaired) electrons. The molecule has 0 unspecified atom stereocenters. The fraction of sp³-hybridized carbons (Fsp3) is 0.278. The highest BCUT2D eigenvalue weighted by molar-refractivity contribution is 9.11. The van der Waals surface area contributed by atoms with Gasteiger partial charge in [0.25, 0.3) is 0 Å². The van der Waals surface area contributed by atoms with E-state index in [1.807, 2.05) is 6.92 Å². The molecule has 0 aromatic heterocycles. The van der Waals surface area contributed by atoms with Gasteiger partial charge in [-0.25, -0.2) is 0 Å². The first-order valence-electron chi connectivity index (χ1n) is 7.78. The number of rotatable bonds is 6. The number of aromatic hydroxyl groups is 2. The van der Waals surface area contributed by atoms with E-state index in [2.05, 4.69) is 63.7 Å². The first-order chi connectivity index (χ1) is 12.3. The predicted molar refractivity (Wildman–Crippen MR) is 115 cm³/mol. The highest BCUT2D eigenvalue weighted by Gasteiger charge is 2.27. The summed E-state index contributed by atoms with van der Waals surface area (Å²) < 4.78 is 7.30. The number of benzene rings is 2. The Morgan fingerprint density at radius 1 is 0.923 bits per heavy atom. The van der Waals surface area contributed by atoms with E-state index >= 15 is 0 Å². The predicted octanol–water partition coefficient (Wildman–Crippen LogP) is 6.62. The lowest BCUT2D eigenvalue weighted by molar-refractivity contribution is -0.144. The zero-order valence-electron chi connectivity index (χ0n) is 13.7. The molecule has 2 aromatic carbocycles. The topological polar surface area (TPSA) is 66.8 Å². The molecule has 0 bridgehead atoms. The van der Waals surface area contributed by atoms with Gasteiger partial charge in [-0.1, -0.05) is 13.3 Å². The smallest absolute Gasteiger partial charge is 0.317 e. The van der Waals surface area contributed by atoms with Gasteiger partial charge in [0.2, 0.25) is 0 Å². The molecule has 0 aliphatic carbocycles. The van der Waals surface area contributed by atoms with Crippen molar-refractivity contribution in [3.05, 3.63) is 53.3 Å². The number of unbranched alkanes of at least 4 members (excludes halogenated alkanes) is 1. The molecule has 0 amide bonds. The maximum Gasteiger partial charge on any atom is 0.317 e. The summed E-state index contributed by atoms with van der Waals surface area (Å²) in [6.07, 6.45) is 1.70. The van der Waals surface area contributed by atoms with Crippen LogP contribution in [-0.2, 0) is 9.53 Å². The van der Waals surface area contributed by atoms with Gasteiger partial charge in [0.1, 0.15) is 17.4 Å². The van der Waals surface area contributed by atoms with E-state index in [9.17, 15) is 15.0 Å². The molecule has 8 heteroatoms. The van der Waals surface area contributed by atoms with Gasteiger partial charge in [0.15, 0.2) is 0 Å². The largest absolute Gasteiger partial charge is 0.506 e. The Morgan fingerprint density at radius 2 is 1.31 bits per heavy atom. The molecule has 140 valence electrons. The average Bonchev–Trinajstić information content (AvgIpc) is 2.58. The summed E-state index contributed by atoms with van der Waals surface area (Å²) in [5, 5.41) is 19.9. The molecule has 26 heavy (non-hydrogen) atoms. The highest BCUT2D eigenvalue weighted by atomic mass is 79.9. The minimum Gasteiger partial charge on any atom is -0.506 e. The Kier molecular flexibility index (Phi) is 8.00. The average molecular weight is 616 g/mol. The number of hydrogen-bond acceptors (Lipinski definition) is 4. The third-order valence-electron chi connectivity index (χ3n) is 3.72. The monoisotopic (exact) mass is 612 g/mol. The Balaban J connectivity index is 2.54. The van der Waals surface area contributed by atoms with Crippen LogP contribution in [0.4, 0.5) is 0 Å². The first-order valence-corrected chi connectivity index (χ1v) is 11.0. The summed E-state index contributed by atoms with van der Waals surface area (Å²) in [5.41, 5.74) is 1.29. The minimum atomic E-state index is -0.715. The molecule has 0 atom stereocenters. The van der Waals surface area contributed by atoms with Crippen molar-refractivity contribution in [3.63, 3.8) is 0 Å². The fourth-order valence-corrected chi connectivity index (χ4v) is 4.81. The van der Waals surface area contributed by atoms with Gasteiger partial charge in [0.05, 0.1) is 24.5 Å². The van der Waals surface area contributed by atoms with Gasteiger partial charge in [-0.05, 0) is 106 Å². The number of phenolic OH excluding ortho intramolecular Hbond substituents is 2. The lowest BCUT2D eigenvalue weighted by Gasteiger charge is -2.19. The van der Waals surface area contributed by atoms with Crippen LogP contribution in [0.25, 0.3) is 0 Å². The summed E-state index contributed by atoms with van der Waals surface area (Å²) in [6, 6.07) is 6.72. The van der Waals surface area contributed by atoms with Gasteiger partial charge >= 0.3 is 5.97 Å². The van der Waals surface area contributed by atoms with Crippen molar-refractivity contribution < 1.29 is 19.7 Å². The van der Waals surface area contributed by atoms with Gasteiger partial charge in [0, 0.05) is 0 Å². The summed E-state index contributed by atoms with van der Waals surface area (Å²) in [4.78, 5) is 12.8. The van der Waals surface area contributed by atoms with Gasteiger partial charge < -0.3 is 14.9 Å². The molecular weight excluding hydrogens is 600 g/mol. The van der Waals surface area contributed by atoms with E-state index < -0.39 is 11.9 Å². The summed E-state index contributed by atoms with van der Waals surface area (Å²) >= 11 is 13.2. The van der Waals surface area contributed by atoms with Crippen molar-refractivity contribution in [1.82, 2.24) is 0 Å². The zero-order chi connectivity index (χ0) is 19.4. The molecule has 0 fully saturated rings. The third kappa shape index (κ3) is 5.03. The Morgan fingerprint density at radius 3 is 1.65 bits per heavy atom. The molecule has 0 aliphatic rings. The van der Waals surface area contributed by atoms with E-state index in [4.69, 9.17) is 4.74 Å². The first kappa shape index (κ1) is 21.7.